The maximum absolute atomic E-state index is 5.49. The van der Waals surface area contributed by atoms with Gasteiger partial charge in [-0.25, -0.2) is 4.98 Å². The van der Waals surface area contributed by atoms with E-state index in [1.807, 2.05) is 36.4 Å². The van der Waals surface area contributed by atoms with Crippen molar-refractivity contribution in [3.8, 4) is 0 Å². The van der Waals surface area contributed by atoms with Crippen LogP contribution < -0.4 is 16.9 Å². The number of nitrogens with zero attached hydrogens (tertiary/aromatic N) is 2. The van der Waals surface area contributed by atoms with Crippen LogP contribution in [-0.4, -0.2) is 17.4 Å². The summed E-state index contributed by atoms with van der Waals surface area (Å²) in [6.45, 7) is 0.665. The molecule has 1 aromatic carbocycles. The van der Waals surface area contributed by atoms with Crippen molar-refractivity contribution < 1.29 is 0 Å². The number of hydrogen-bond acceptors (Lipinski definition) is 4. The second kappa shape index (κ2) is 5.16. The number of nitrogens with two attached hydrogens (primary N) is 2. The second-order valence-electron chi connectivity index (χ2n) is 3.69. The summed E-state index contributed by atoms with van der Waals surface area (Å²) in [6.07, 6.45) is 0.602. The third-order valence-electron chi connectivity index (χ3n) is 2.45. The van der Waals surface area contributed by atoms with Crippen LogP contribution in [0.5, 0.6) is 0 Å². The highest BCUT2D eigenvalue weighted by Gasteiger charge is 1.97. The summed E-state index contributed by atoms with van der Waals surface area (Å²) in [4.78, 5) is 4.47. The number of pyridine rings is 1. The number of fused-ring (bicyclic) bond motifs is 1. The first-order chi connectivity index (χ1) is 8.29. The molecule has 0 amide bonds. The van der Waals surface area contributed by atoms with E-state index in [2.05, 4.69) is 15.4 Å². The Kier molecular flexibility index (Phi) is 3.40. The number of aromatic nitrogens is 1. The summed E-state index contributed by atoms with van der Waals surface area (Å²) in [6, 6.07) is 12.0. The van der Waals surface area contributed by atoms with E-state index in [0.29, 0.717) is 18.8 Å². The van der Waals surface area contributed by atoms with Gasteiger partial charge in [-0.2, -0.15) is 5.10 Å². The van der Waals surface area contributed by atoms with E-state index in [1.54, 1.807) is 0 Å². The maximum Gasteiger partial charge on any atom is 0.126 e. The van der Waals surface area contributed by atoms with Crippen LogP contribution in [-0.2, 0) is 0 Å². The number of amidine groups is 1. The van der Waals surface area contributed by atoms with Gasteiger partial charge < -0.3 is 16.9 Å². The minimum Gasteiger partial charge on any atom is -0.386 e. The summed E-state index contributed by atoms with van der Waals surface area (Å²) >= 11 is 0. The van der Waals surface area contributed by atoms with Gasteiger partial charge in [0.25, 0.3) is 0 Å². The molecule has 1 aromatic heterocycles. The average molecular weight is 229 g/mol. The van der Waals surface area contributed by atoms with Crippen LogP contribution in [0.15, 0.2) is 41.5 Å². The number of hydrogen-bond donors (Lipinski definition) is 3. The molecule has 2 aromatic rings. The van der Waals surface area contributed by atoms with E-state index in [1.165, 1.54) is 0 Å². The Morgan fingerprint density at radius 2 is 2.06 bits per heavy atom. The van der Waals surface area contributed by atoms with Gasteiger partial charge in [0.15, 0.2) is 0 Å². The molecule has 0 saturated carbocycles. The lowest BCUT2D eigenvalue weighted by Crippen LogP contribution is -2.18. The molecule has 0 saturated heterocycles. The maximum atomic E-state index is 5.49. The van der Waals surface area contributed by atoms with Crippen molar-refractivity contribution in [1.82, 2.24) is 4.98 Å². The van der Waals surface area contributed by atoms with Crippen molar-refractivity contribution in [2.24, 2.45) is 16.7 Å². The number of hydrazone groups is 1. The molecule has 0 bridgehead atoms. The minimum atomic E-state index is 0.429. The van der Waals surface area contributed by atoms with Crippen LogP contribution in [0.2, 0.25) is 0 Å². The van der Waals surface area contributed by atoms with Gasteiger partial charge in [0, 0.05) is 18.4 Å². The number of nitrogens with one attached hydrogen (secondary N) is 1. The Hall–Kier alpha value is -2.30. The zero-order valence-corrected chi connectivity index (χ0v) is 9.43. The Bertz CT molecular complexity index is 535. The van der Waals surface area contributed by atoms with Crippen LogP contribution in [0, 0.1) is 0 Å². The molecule has 5 heteroatoms. The minimum absolute atomic E-state index is 0.429. The van der Waals surface area contributed by atoms with Gasteiger partial charge in [0.2, 0.25) is 0 Å². The van der Waals surface area contributed by atoms with Gasteiger partial charge in [-0.1, -0.05) is 18.2 Å². The molecule has 0 fully saturated rings. The molecule has 0 atom stereocenters. The highest BCUT2D eigenvalue weighted by molar-refractivity contribution is 5.81. The molecule has 0 aliphatic heterocycles. The largest absolute Gasteiger partial charge is 0.386 e. The smallest absolute Gasteiger partial charge is 0.126 e. The topological polar surface area (TPSA) is 89.3 Å². The molecule has 1 heterocycles. The molecule has 0 radical (unpaired) electrons. The molecule has 5 N–H and O–H groups in total. The fourth-order valence-electron chi connectivity index (χ4n) is 1.55. The summed E-state index contributed by atoms with van der Waals surface area (Å²) in [7, 11) is 0. The molecule has 0 aliphatic carbocycles. The lowest BCUT2D eigenvalue weighted by atomic mass is 10.2. The van der Waals surface area contributed by atoms with Crippen molar-refractivity contribution in [3.05, 3.63) is 36.4 Å². The highest BCUT2D eigenvalue weighted by atomic mass is 15.2. The van der Waals surface area contributed by atoms with Crippen molar-refractivity contribution in [1.29, 1.82) is 0 Å². The van der Waals surface area contributed by atoms with Crippen LogP contribution in [0.3, 0.4) is 0 Å². The summed E-state index contributed by atoms with van der Waals surface area (Å²) in [5.41, 5.74) is 6.46. The number of rotatable bonds is 4. The van der Waals surface area contributed by atoms with Gasteiger partial charge in [0.05, 0.1) is 5.52 Å². The molecule has 0 aliphatic rings. The van der Waals surface area contributed by atoms with E-state index in [9.17, 15) is 0 Å². The first kappa shape index (κ1) is 11.2. The van der Waals surface area contributed by atoms with Crippen LogP contribution in [0.4, 0.5) is 5.82 Å². The number of para-hydroxylation sites is 1. The van der Waals surface area contributed by atoms with Gasteiger partial charge in [-0.3, -0.25) is 0 Å². The lowest BCUT2D eigenvalue weighted by molar-refractivity contribution is 1.05. The third-order valence-corrected chi connectivity index (χ3v) is 2.45. The lowest BCUT2D eigenvalue weighted by Gasteiger charge is -2.06. The molecule has 2 rings (SSSR count). The molecular formula is C12H15N5. The van der Waals surface area contributed by atoms with Crippen molar-refractivity contribution >= 4 is 22.6 Å². The SMILES string of the molecule is NN=C(N)CCNc1ccc2ccccc2n1. The fraction of sp³-hybridized carbons (Fsp3) is 0.167. The van der Waals surface area contributed by atoms with Gasteiger partial charge in [-0.05, 0) is 18.2 Å². The Morgan fingerprint density at radius 3 is 2.88 bits per heavy atom. The predicted octanol–water partition coefficient (Wildman–Crippen LogP) is 1.27. The molecule has 88 valence electrons. The first-order valence-corrected chi connectivity index (χ1v) is 5.41. The van der Waals surface area contributed by atoms with Gasteiger partial charge >= 0.3 is 0 Å². The highest BCUT2D eigenvalue weighted by Crippen LogP contribution is 2.14. The monoisotopic (exact) mass is 229 g/mol. The predicted molar refractivity (Wildman–Crippen MR) is 70.7 cm³/mol. The van der Waals surface area contributed by atoms with Gasteiger partial charge in [0.1, 0.15) is 11.7 Å². The Labute approximate surface area is 99.5 Å². The van der Waals surface area contributed by atoms with Gasteiger partial charge in [-0.15, -0.1) is 0 Å². The average Bonchev–Trinajstić information content (AvgIpc) is 2.38. The van der Waals surface area contributed by atoms with E-state index < -0.39 is 0 Å². The zero-order chi connectivity index (χ0) is 12.1. The van der Waals surface area contributed by atoms with Crippen LogP contribution in [0.1, 0.15) is 6.42 Å². The number of anilines is 1. The van der Waals surface area contributed by atoms with Crippen molar-refractivity contribution in [2.75, 3.05) is 11.9 Å². The Balaban J connectivity index is 2.04. The fourth-order valence-corrected chi connectivity index (χ4v) is 1.55. The number of benzene rings is 1. The molecule has 0 unspecified atom stereocenters. The zero-order valence-electron chi connectivity index (χ0n) is 9.43. The van der Waals surface area contributed by atoms with Crippen LogP contribution >= 0.6 is 0 Å². The van der Waals surface area contributed by atoms with E-state index >= 15 is 0 Å². The third kappa shape index (κ3) is 2.84. The molecule has 17 heavy (non-hydrogen) atoms. The molecule has 0 spiro atoms. The van der Waals surface area contributed by atoms with E-state index in [-0.39, 0.29) is 0 Å². The second-order valence-corrected chi connectivity index (χ2v) is 3.69. The molecular weight excluding hydrogens is 214 g/mol. The summed E-state index contributed by atoms with van der Waals surface area (Å²) in [5, 5.41) is 7.70. The Morgan fingerprint density at radius 1 is 1.24 bits per heavy atom. The van der Waals surface area contributed by atoms with Crippen LogP contribution in [0.25, 0.3) is 10.9 Å². The summed E-state index contributed by atoms with van der Waals surface area (Å²) < 4.78 is 0. The summed E-state index contributed by atoms with van der Waals surface area (Å²) in [5.74, 6) is 6.30. The van der Waals surface area contributed by atoms with E-state index in [0.717, 1.165) is 16.7 Å². The van der Waals surface area contributed by atoms with Crippen molar-refractivity contribution in [3.63, 3.8) is 0 Å². The first-order valence-electron chi connectivity index (χ1n) is 5.41. The normalized spacial score (nSPS) is 11.6. The molecule has 5 nitrogen and oxygen atoms in total. The quantitative estimate of drug-likeness (QED) is 0.319. The van der Waals surface area contributed by atoms with E-state index in [4.69, 9.17) is 11.6 Å². The van der Waals surface area contributed by atoms with Crippen molar-refractivity contribution in [2.45, 2.75) is 6.42 Å². The standard InChI is InChI=1S/C12H15N5/c13-11(17-14)7-8-15-12-6-5-9-3-1-2-4-10(9)16-12/h1-6H,7-8,14H2,(H2,13,17)(H,15,16).